The molecule has 116 valence electrons. The third-order valence-electron chi connectivity index (χ3n) is 2.80. The number of nitrogen functional groups attached to an aromatic ring is 1. The van der Waals surface area contributed by atoms with Crippen LogP contribution in [-0.4, -0.2) is 38.3 Å². The largest absolute Gasteiger partial charge is 0.478 e. The number of hydrogen-bond donors (Lipinski definition) is 4. The average Bonchev–Trinajstić information content (AvgIpc) is 2.37. The summed E-state index contributed by atoms with van der Waals surface area (Å²) in [6.45, 7) is 1.37. The molecule has 1 aromatic rings. The van der Waals surface area contributed by atoms with Crippen LogP contribution in [0.1, 0.15) is 35.4 Å². The van der Waals surface area contributed by atoms with Crippen molar-refractivity contribution in [3.8, 4) is 0 Å². The minimum atomic E-state index is -1.60. The number of nitrogens with two attached hydrogens (primary N) is 1. The monoisotopic (exact) mass is 317 g/mol. The number of thioether (sulfide) groups is 1. The number of aliphatic hydroxyl groups excluding tert-OH is 2. The Labute approximate surface area is 124 Å². The van der Waals surface area contributed by atoms with Crippen molar-refractivity contribution in [1.82, 2.24) is 0 Å². The highest BCUT2D eigenvalue weighted by atomic mass is 32.2. The predicted octanol–water partition coefficient (Wildman–Crippen LogP) is 1.17. The minimum absolute atomic E-state index is 0.0532. The van der Waals surface area contributed by atoms with Gasteiger partial charge in [0.2, 0.25) is 0 Å². The molecule has 5 N–H and O–H groups in total. The fourth-order valence-corrected chi connectivity index (χ4v) is 2.35. The van der Waals surface area contributed by atoms with Crippen molar-refractivity contribution < 1.29 is 29.3 Å². The van der Waals surface area contributed by atoms with Gasteiger partial charge in [-0.1, -0.05) is 11.8 Å². The lowest BCUT2D eigenvalue weighted by Crippen LogP contribution is -2.21. The first-order valence-corrected chi connectivity index (χ1v) is 7.04. The van der Waals surface area contributed by atoms with Gasteiger partial charge in [0.25, 0.3) is 0 Å². The smallest absolute Gasteiger partial charge is 0.337 e. The Morgan fingerprint density at radius 3 is 2.52 bits per heavy atom. The Balaban J connectivity index is 2.90. The third kappa shape index (κ3) is 4.69. The van der Waals surface area contributed by atoms with Crippen molar-refractivity contribution in [3.63, 3.8) is 0 Å². The molecule has 0 aliphatic carbocycles. The second kappa shape index (κ2) is 7.39. The van der Waals surface area contributed by atoms with Crippen LogP contribution in [0.15, 0.2) is 12.1 Å². The lowest BCUT2D eigenvalue weighted by molar-refractivity contribution is -0.109. The van der Waals surface area contributed by atoms with Gasteiger partial charge in [-0.25, -0.2) is 9.18 Å². The van der Waals surface area contributed by atoms with Crippen LogP contribution in [0.25, 0.3) is 0 Å². The van der Waals surface area contributed by atoms with Crippen molar-refractivity contribution >= 4 is 28.5 Å². The Morgan fingerprint density at radius 1 is 1.38 bits per heavy atom. The number of carboxylic acids is 1. The van der Waals surface area contributed by atoms with Gasteiger partial charge in [-0.05, 0) is 18.6 Å². The number of hydrogen-bond acceptors (Lipinski definition) is 6. The number of anilines is 1. The van der Waals surface area contributed by atoms with Gasteiger partial charge in [-0.15, -0.1) is 0 Å². The summed E-state index contributed by atoms with van der Waals surface area (Å²) in [5.41, 5.74) is 4.41. The molecular formula is C13H16FNO5S. The van der Waals surface area contributed by atoms with Crippen LogP contribution >= 0.6 is 11.8 Å². The van der Waals surface area contributed by atoms with Crippen molar-refractivity contribution in [2.75, 3.05) is 11.5 Å². The quantitative estimate of drug-likeness (QED) is 0.581. The summed E-state index contributed by atoms with van der Waals surface area (Å²) in [6, 6.07) is 1.69. The summed E-state index contributed by atoms with van der Waals surface area (Å²) in [4.78, 5) is 21.7. The highest BCUT2D eigenvalue weighted by Gasteiger charge is 2.24. The van der Waals surface area contributed by atoms with Crippen LogP contribution in [0.4, 0.5) is 10.1 Å². The predicted molar refractivity (Wildman–Crippen MR) is 76.5 cm³/mol. The van der Waals surface area contributed by atoms with Crippen LogP contribution in [-0.2, 0) is 4.79 Å². The number of aromatic carboxylic acids is 1. The van der Waals surface area contributed by atoms with Gasteiger partial charge >= 0.3 is 5.97 Å². The third-order valence-corrected chi connectivity index (χ3v) is 3.65. The van der Waals surface area contributed by atoms with Gasteiger partial charge in [-0.2, -0.15) is 0 Å². The van der Waals surface area contributed by atoms with E-state index in [0.717, 1.165) is 23.9 Å². The topological polar surface area (TPSA) is 121 Å². The van der Waals surface area contributed by atoms with E-state index < -0.39 is 24.0 Å². The summed E-state index contributed by atoms with van der Waals surface area (Å²) < 4.78 is 13.8. The van der Waals surface area contributed by atoms with Gasteiger partial charge in [0, 0.05) is 23.9 Å². The standard InChI is InChI=1S/C13H16FNO5S/c1-6(16)21-3-2-11(17)12(18)7-4-8(13(19)20)10(15)5-9(7)14/h4-5,11-12,17-18H,2-3,15H2,1H3,(H,19,20). The molecule has 0 heterocycles. The van der Waals surface area contributed by atoms with E-state index in [2.05, 4.69) is 0 Å². The van der Waals surface area contributed by atoms with Crippen molar-refractivity contribution in [2.24, 2.45) is 0 Å². The SMILES string of the molecule is CC(=O)SCCC(O)C(O)c1cc(C(=O)O)c(N)cc1F. The number of carboxylic acid groups (broad SMARTS) is 1. The molecule has 6 nitrogen and oxygen atoms in total. The maximum absolute atomic E-state index is 13.8. The summed E-state index contributed by atoms with van der Waals surface area (Å²) in [7, 11) is 0. The summed E-state index contributed by atoms with van der Waals surface area (Å²) in [5.74, 6) is -2.00. The molecule has 1 rings (SSSR count). The van der Waals surface area contributed by atoms with Crippen LogP contribution in [0, 0.1) is 5.82 Å². The minimum Gasteiger partial charge on any atom is -0.478 e. The first-order chi connectivity index (χ1) is 9.73. The van der Waals surface area contributed by atoms with Crippen molar-refractivity contribution in [1.29, 1.82) is 0 Å². The number of rotatable bonds is 6. The van der Waals surface area contributed by atoms with E-state index in [4.69, 9.17) is 10.8 Å². The molecule has 21 heavy (non-hydrogen) atoms. The summed E-state index contributed by atoms with van der Waals surface area (Å²) >= 11 is 0.969. The Kier molecular flexibility index (Phi) is 6.13. The zero-order valence-corrected chi connectivity index (χ0v) is 12.1. The molecule has 8 heteroatoms. The van der Waals surface area contributed by atoms with Crippen LogP contribution in [0.2, 0.25) is 0 Å². The number of aliphatic hydroxyl groups is 2. The number of carbonyl (C=O) groups excluding carboxylic acids is 1. The lowest BCUT2D eigenvalue weighted by Gasteiger charge is -2.19. The van der Waals surface area contributed by atoms with Gasteiger partial charge in [0.1, 0.15) is 11.9 Å². The molecule has 0 radical (unpaired) electrons. The van der Waals surface area contributed by atoms with Crippen LogP contribution < -0.4 is 5.73 Å². The lowest BCUT2D eigenvalue weighted by atomic mass is 9.99. The van der Waals surface area contributed by atoms with Crippen molar-refractivity contribution in [3.05, 3.63) is 29.1 Å². The molecule has 0 aliphatic rings. The second-order valence-electron chi connectivity index (χ2n) is 4.41. The van der Waals surface area contributed by atoms with E-state index in [1.165, 1.54) is 6.92 Å². The zero-order valence-electron chi connectivity index (χ0n) is 11.2. The van der Waals surface area contributed by atoms with E-state index in [0.29, 0.717) is 0 Å². The molecule has 0 aromatic heterocycles. The molecule has 0 aliphatic heterocycles. The zero-order chi connectivity index (χ0) is 16.2. The average molecular weight is 317 g/mol. The highest BCUT2D eigenvalue weighted by molar-refractivity contribution is 8.13. The molecule has 1 aromatic carbocycles. The van der Waals surface area contributed by atoms with Crippen LogP contribution in [0.5, 0.6) is 0 Å². The number of halogens is 1. The molecular weight excluding hydrogens is 301 g/mol. The Morgan fingerprint density at radius 2 is 2.00 bits per heavy atom. The maximum atomic E-state index is 13.8. The van der Waals surface area contributed by atoms with E-state index in [1.54, 1.807) is 0 Å². The first kappa shape index (κ1) is 17.4. The first-order valence-electron chi connectivity index (χ1n) is 6.05. The van der Waals surface area contributed by atoms with Gasteiger partial charge in [0.05, 0.1) is 11.7 Å². The Hall–Kier alpha value is -1.64. The second-order valence-corrected chi connectivity index (χ2v) is 5.68. The Bertz CT molecular complexity index is 552. The van der Waals surface area contributed by atoms with Crippen LogP contribution in [0.3, 0.4) is 0 Å². The summed E-state index contributed by atoms with van der Waals surface area (Å²) in [6.07, 6.45) is -2.87. The molecule has 0 bridgehead atoms. The fraction of sp³-hybridized carbons (Fsp3) is 0.385. The number of benzene rings is 1. The van der Waals surface area contributed by atoms with E-state index in [-0.39, 0.29) is 34.1 Å². The molecule has 0 fully saturated rings. The molecule has 2 unspecified atom stereocenters. The molecule has 2 atom stereocenters. The van der Waals surface area contributed by atoms with Gasteiger partial charge < -0.3 is 21.1 Å². The molecule has 0 amide bonds. The highest BCUT2D eigenvalue weighted by Crippen LogP contribution is 2.27. The van der Waals surface area contributed by atoms with Crippen molar-refractivity contribution in [2.45, 2.75) is 25.6 Å². The normalized spacial score (nSPS) is 13.7. The molecule has 0 saturated heterocycles. The maximum Gasteiger partial charge on any atom is 0.337 e. The summed E-state index contributed by atoms with van der Waals surface area (Å²) in [5, 5.41) is 28.5. The van der Waals surface area contributed by atoms with Gasteiger partial charge in [-0.3, -0.25) is 4.79 Å². The number of carbonyl (C=O) groups is 2. The van der Waals surface area contributed by atoms with E-state index in [9.17, 15) is 24.2 Å². The van der Waals surface area contributed by atoms with Gasteiger partial charge in [0.15, 0.2) is 5.12 Å². The fourth-order valence-electron chi connectivity index (χ4n) is 1.71. The molecule has 0 saturated carbocycles. The van der Waals surface area contributed by atoms with E-state index >= 15 is 0 Å². The van der Waals surface area contributed by atoms with E-state index in [1.807, 2.05) is 0 Å². The molecule has 0 spiro atoms.